The Kier molecular flexibility index (Phi) is 2.84. The number of hydrogen-bond donors (Lipinski definition) is 1. The van der Waals surface area contributed by atoms with E-state index in [4.69, 9.17) is 12.2 Å². The third-order valence-electron chi connectivity index (χ3n) is 1.66. The second-order valence-electron chi connectivity index (χ2n) is 2.43. The van der Waals surface area contributed by atoms with Crippen LogP contribution in [0.3, 0.4) is 0 Å². The molecule has 0 heterocycles. The summed E-state index contributed by atoms with van der Waals surface area (Å²) in [7, 11) is 0. The molecule has 0 radical (unpaired) electrons. The van der Waals surface area contributed by atoms with Gasteiger partial charge in [0.1, 0.15) is 6.17 Å². The van der Waals surface area contributed by atoms with E-state index in [-0.39, 0.29) is 6.54 Å². The average Bonchev–Trinajstić information content (AvgIpc) is 2.16. The van der Waals surface area contributed by atoms with Gasteiger partial charge in [-0.2, -0.15) is 0 Å². The third-order valence-corrected chi connectivity index (χ3v) is 1.66. The van der Waals surface area contributed by atoms with Crippen LogP contribution in [0.1, 0.15) is 17.3 Å². The maximum Gasteiger partial charge on any atom is 0.138 e. The Morgan fingerprint density at radius 1 is 1.50 bits per heavy atom. The second kappa shape index (κ2) is 3.89. The van der Waals surface area contributed by atoms with Crippen LogP contribution in [0, 0.1) is 12.3 Å². The molecule has 0 bridgehead atoms. The van der Waals surface area contributed by atoms with E-state index >= 15 is 0 Å². The van der Waals surface area contributed by atoms with Crippen LogP contribution in [0.25, 0.3) is 0 Å². The number of benzene rings is 1. The summed E-state index contributed by atoms with van der Waals surface area (Å²) in [6.07, 6.45) is 4.03. The van der Waals surface area contributed by atoms with Gasteiger partial charge in [-0.05, 0) is 6.07 Å². The smallest absolute Gasteiger partial charge is 0.138 e. The fourth-order valence-electron chi connectivity index (χ4n) is 1.03. The minimum Gasteiger partial charge on any atom is -0.327 e. The largest absolute Gasteiger partial charge is 0.327 e. The molecule has 0 fully saturated rings. The topological polar surface area (TPSA) is 26.0 Å². The summed E-state index contributed by atoms with van der Waals surface area (Å²) in [5.74, 6) is 2.42. The Morgan fingerprint density at radius 3 is 2.75 bits per heavy atom. The van der Waals surface area contributed by atoms with E-state index in [9.17, 15) is 4.39 Å². The first kappa shape index (κ1) is 8.76. The summed E-state index contributed by atoms with van der Waals surface area (Å²) >= 11 is 0. The highest BCUT2D eigenvalue weighted by molar-refractivity contribution is 5.41. The van der Waals surface area contributed by atoms with Crippen LogP contribution in [-0.2, 0) is 0 Å². The van der Waals surface area contributed by atoms with Gasteiger partial charge in [-0.15, -0.1) is 6.42 Å². The van der Waals surface area contributed by atoms with Crippen LogP contribution in [0.2, 0.25) is 0 Å². The minimum atomic E-state index is -1.16. The zero-order valence-electron chi connectivity index (χ0n) is 6.63. The lowest BCUT2D eigenvalue weighted by atomic mass is 10.0. The molecule has 0 aliphatic carbocycles. The summed E-state index contributed by atoms with van der Waals surface area (Å²) in [5, 5.41) is 0. The van der Waals surface area contributed by atoms with Gasteiger partial charge in [0.05, 0.1) is 0 Å². The van der Waals surface area contributed by atoms with Crippen LogP contribution in [0.5, 0.6) is 0 Å². The molecule has 0 spiro atoms. The standard InChI is InChI=1S/C10H10FN/c1-2-8-5-3-4-6-9(8)10(11)7-12/h1,3-6,10H,7,12H2. The van der Waals surface area contributed by atoms with Crippen molar-refractivity contribution in [2.75, 3.05) is 6.54 Å². The molecule has 2 N–H and O–H groups in total. The molecule has 0 amide bonds. The summed E-state index contributed by atoms with van der Waals surface area (Å²) in [6.45, 7) is -0.0291. The highest BCUT2D eigenvalue weighted by Gasteiger charge is 2.09. The summed E-state index contributed by atoms with van der Waals surface area (Å²) < 4.78 is 13.1. The van der Waals surface area contributed by atoms with Gasteiger partial charge in [-0.25, -0.2) is 4.39 Å². The van der Waals surface area contributed by atoms with E-state index < -0.39 is 6.17 Å². The first-order valence-corrected chi connectivity index (χ1v) is 3.69. The lowest BCUT2D eigenvalue weighted by molar-refractivity contribution is 0.352. The van der Waals surface area contributed by atoms with Crippen molar-refractivity contribution < 1.29 is 4.39 Å². The van der Waals surface area contributed by atoms with Gasteiger partial charge in [0, 0.05) is 17.7 Å². The molecule has 1 atom stereocenters. The molecule has 1 aromatic rings. The van der Waals surface area contributed by atoms with Crippen molar-refractivity contribution in [3.63, 3.8) is 0 Å². The van der Waals surface area contributed by atoms with Gasteiger partial charge < -0.3 is 5.73 Å². The SMILES string of the molecule is C#Cc1ccccc1C(F)CN. The molecule has 12 heavy (non-hydrogen) atoms. The van der Waals surface area contributed by atoms with Crippen molar-refractivity contribution in [3.05, 3.63) is 35.4 Å². The molecule has 0 saturated carbocycles. The maximum absolute atomic E-state index is 13.1. The summed E-state index contributed by atoms with van der Waals surface area (Å²) in [6, 6.07) is 6.89. The van der Waals surface area contributed by atoms with Crippen molar-refractivity contribution in [2.24, 2.45) is 5.73 Å². The molecule has 0 aliphatic rings. The summed E-state index contributed by atoms with van der Waals surface area (Å²) in [5.41, 5.74) is 6.27. The van der Waals surface area contributed by atoms with Gasteiger partial charge in [-0.1, -0.05) is 24.1 Å². The fourth-order valence-corrected chi connectivity index (χ4v) is 1.03. The monoisotopic (exact) mass is 163 g/mol. The Hall–Kier alpha value is -1.33. The normalized spacial score (nSPS) is 12.1. The number of terminal acetylenes is 1. The third kappa shape index (κ3) is 1.63. The van der Waals surface area contributed by atoms with Crippen LogP contribution in [0.15, 0.2) is 24.3 Å². The van der Waals surface area contributed by atoms with Gasteiger partial charge in [0.15, 0.2) is 0 Å². The zero-order valence-corrected chi connectivity index (χ0v) is 6.63. The van der Waals surface area contributed by atoms with Gasteiger partial charge in [-0.3, -0.25) is 0 Å². The van der Waals surface area contributed by atoms with E-state index in [0.717, 1.165) is 0 Å². The maximum atomic E-state index is 13.1. The Bertz CT molecular complexity index is 301. The Balaban J connectivity index is 3.07. The molecule has 1 unspecified atom stereocenters. The second-order valence-corrected chi connectivity index (χ2v) is 2.43. The van der Waals surface area contributed by atoms with Crippen molar-refractivity contribution in [1.29, 1.82) is 0 Å². The number of nitrogens with two attached hydrogens (primary N) is 1. The van der Waals surface area contributed by atoms with Gasteiger partial charge in [0.2, 0.25) is 0 Å². The van der Waals surface area contributed by atoms with Crippen molar-refractivity contribution >= 4 is 0 Å². The van der Waals surface area contributed by atoms with E-state index in [2.05, 4.69) is 5.92 Å². The van der Waals surface area contributed by atoms with Crippen molar-refractivity contribution in [3.8, 4) is 12.3 Å². The number of alkyl halides is 1. The Labute approximate surface area is 71.4 Å². The highest BCUT2D eigenvalue weighted by atomic mass is 19.1. The van der Waals surface area contributed by atoms with Gasteiger partial charge in [0.25, 0.3) is 0 Å². The lowest BCUT2D eigenvalue weighted by Gasteiger charge is -2.06. The number of rotatable bonds is 2. The van der Waals surface area contributed by atoms with Crippen molar-refractivity contribution in [2.45, 2.75) is 6.17 Å². The molecular weight excluding hydrogens is 153 g/mol. The predicted octanol–water partition coefficient (Wildman–Crippen LogP) is 1.64. The molecule has 62 valence electrons. The van der Waals surface area contributed by atoms with Gasteiger partial charge >= 0.3 is 0 Å². The molecule has 0 aliphatic heterocycles. The summed E-state index contributed by atoms with van der Waals surface area (Å²) in [4.78, 5) is 0. The quantitative estimate of drug-likeness (QED) is 0.659. The van der Waals surface area contributed by atoms with E-state index in [1.165, 1.54) is 0 Å². The fraction of sp³-hybridized carbons (Fsp3) is 0.200. The van der Waals surface area contributed by atoms with Crippen LogP contribution >= 0.6 is 0 Å². The van der Waals surface area contributed by atoms with Crippen LogP contribution in [0.4, 0.5) is 4.39 Å². The molecule has 1 aromatic carbocycles. The highest BCUT2D eigenvalue weighted by Crippen LogP contribution is 2.19. The number of hydrogen-bond acceptors (Lipinski definition) is 1. The van der Waals surface area contributed by atoms with Crippen molar-refractivity contribution in [1.82, 2.24) is 0 Å². The van der Waals surface area contributed by atoms with E-state index in [1.54, 1.807) is 24.3 Å². The van der Waals surface area contributed by atoms with Crippen LogP contribution < -0.4 is 5.73 Å². The van der Waals surface area contributed by atoms with E-state index in [0.29, 0.717) is 11.1 Å². The number of halogens is 1. The molecule has 0 aromatic heterocycles. The van der Waals surface area contributed by atoms with E-state index in [1.807, 2.05) is 0 Å². The molecule has 1 nitrogen and oxygen atoms in total. The first-order chi connectivity index (χ1) is 5.79. The Morgan fingerprint density at radius 2 is 2.17 bits per heavy atom. The predicted molar refractivity (Wildman–Crippen MR) is 47.3 cm³/mol. The minimum absolute atomic E-state index is 0.0291. The molecule has 0 saturated heterocycles. The zero-order chi connectivity index (χ0) is 8.97. The molecule has 1 rings (SSSR count). The average molecular weight is 163 g/mol. The molecular formula is C10H10FN. The molecule has 2 heteroatoms. The lowest BCUT2D eigenvalue weighted by Crippen LogP contribution is -2.08. The first-order valence-electron chi connectivity index (χ1n) is 3.69. The van der Waals surface area contributed by atoms with Crippen LogP contribution in [-0.4, -0.2) is 6.54 Å².